The minimum absolute atomic E-state index is 0.0484. The predicted molar refractivity (Wildman–Crippen MR) is 54.2 cm³/mol. The lowest BCUT2D eigenvalue weighted by atomic mass is 10.2. The van der Waals surface area contributed by atoms with Gasteiger partial charge in [0.05, 0.1) is 6.10 Å². The number of halogens is 3. The summed E-state index contributed by atoms with van der Waals surface area (Å²) in [6, 6.07) is 3.21. The van der Waals surface area contributed by atoms with Crippen LogP contribution in [0, 0.1) is 5.82 Å². The van der Waals surface area contributed by atoms with Crippen LogP contribution in [0.25, 0.3) is 0 Å². The average Bonchev–Trinajstić information content (AvgIpc) is 2.69. The van der Waals surface area contributed by atoms with Crippen molar-refractivity contribution in [3.63, 3.8) is 0 Å². The molecule has 2 rings (SSSR count). The highest BCUT2D eigenvalue weighted by atomic mass is 19.3. The second kappa shape index (κ2) is 4.76. The van der Waals surface area contributed by atoms with Crippen LogP contribution in [0.2, 0.25) is 0 Å². The Kier molecular flexibility index (Phi) is 3.36. The summed E-state index contributed by atoms with van der Waals surface area (Å²) in [5.74, 6) is -0.465. The third kappa shape index (κ3) is 2.68. The molecule has 1 nitrogen and oxygen atoms in total. The van der Waals surface area contributed by atoms with Crippen molar-refractivity contribution >= 4 is 0 Å². The molecule has 0 spiro atoms. The van der Waals surface area contributed by atoms with Crippen LogP contribution < -0.4 is 4.74 Å². The van der Waals surface area contributed by atoms with Crippen molar-refractivity contribution < 1.29 is 17.9 Å². The molecule has 1 fully saturated rings. The Hall–Kier alpha value is -1.19. The maximum atomic E-state index is 13.0. The van der Waals surface area contributed by atoms with E-state index in [0.717, 1.165) is 37.8 Å². The number of hydrogen-bond acceptors (Lipinski definition) is 1. The molecule has 0 aromatic heterocycles. The number of alkyl halides is 2. The van der Waals surface area contributed by atoms with Crippen LogP contribution in [0.4, 0.5) is 13.2 Å². The van der Waals surface area contributed by atoms with Gasteiger partial charge in [-0.2, -0.15) is 0 Å². The van der Waals surface area contributed by atoms with E-state index in [-0.39, 0.29) is 17.4 Å². The Balaban J connectivity index is 2.13. The molecule has 0 heterocycles. The first-order valence-electron chi connectivity index (χ1n) is 5.40. The third-order valence-corrected chi connectivity index (χ3v) is 2.75. The molecular formula is C12H13F3O. The molecule has 0 aliphatic heterocycles. The van der Waals surface area contributed by atoms with E-state index in [1.807, 2.05) is 0 Å². The molecular weight excluding hydrogens is 217 g/mol. The zero-order chi connectivity index (χ0) is 11.5. The topological polar surface area (TPSA) is 9.23 Å². The smallest absolute Gasteiger partial charge is 0.264 e. The summed E-state index contributed by atoms with van der Waals surface area (Å²) in [6.07, 6.45) is 1.39. The van der Waals surface area contributed by atoms with Crippen LogP contribution in [-0.4, -0.2) is 6.10 Å². The Morgan fingerprint density at radius 3 is 2.44 bits per heavy atom. The zero-order valence-corrected chi connectivity index (χ0v) is 8.76. The van der Waals surface area contributed by atoms with Crippen LogP contribution in [0.1, 0.15) is 37.7 Å². The molecule has 16 heavy (non-hydrogen) atoms. The molecule has 1 aromatic rings. The summed E-state index contributed by atoms with van der Waals surface area (Å²) < 4.78 is 43.4. The zero-order valence-electron chi connectivity index (χ0n) is 8.76. The molecule has 88 valence electrons. The largest absolute Gasteiger partial charge is 0.490 e. The number of benzene rings is 1. The van der Waals surface area contributed by atoms with Gasteiger partial charge < -0.3 is 4.74 Å². The quantitative estimate of drug-likeness (QED) is 0.760. The highest BCUT2D eigenvalue weighted by Gasteiger charge is 2.18. The van der Waals surface area contributed by atoms with E-state index >= 15 is 0 Å². The van der Waals surface area contributed by atoms with Gasteiger partial charge in [-0.25, -0.2) is 13.2 Å². The fourth-order valence-corrected chi connectivity index (χ4v) is 1.98. The van der Waals surface area contributed by atoms with Gasteiger partial charge in [0, 0.05) is 11.6 Å². The van der Waals surface area contributed by atoms with Gasteiger partial charge >= 0.3 is 0 Å². The second-order valence-electron chi connectivity index (χ2n) is 4.05. The first kappa shape index (κ1) is 11.3. The summed E-state index contributed by atoms with van der Waals surface area (Å²) in [6.45, 7) is 0. The van der Waals surface area contributed by atoms with Crippen LogP contribution >= 0.6 is 0 Å². The molecule has 1 aliphatic rings. The Bertz CT molecular complexity index is 359. The molecule has 0 amide bonds. The average molecular weight is 230 g/mol. The lowest BCUT2D eigenvalue weighted by Crippen LogP contribution is -2.11. The van der Waals surface area contributed by atoms with E-state index in [0.29, 0.717) is 0 Å². The first-order valence-corrected chi connectivity index (χ1v) is 5.40. The first-order chi connectivity index (χ1) is 7.65. The molecule has 0 bridgehead atoms. The molecule has 1 aromatic carbocycles. The lowest BCUT2D eigenvalue weighted by Gasteiger charge is -2.14. The van der Waals surface area contributed by atoms with Gasteiger partial charge in [0.2, 0.25) is 0 Å². The molecule has 1 saturated carbocycles. The number of rotatable bonds is 3. The molecule has 0 atom stereocenters. The van der Waals surface area contributed by atoms with Gasteiger partial charge in [0.25, 0.3) is 6.43 Å². The second-order valence-corrected chi connectivity index (χ2v) is 4.05. The summed E-state index contributed by atoms with van der Waals surface area (Å²) in [4.78, 5) is 0. The fraction of sp³-hybridized carbons (Fsp3) is 0.500. The molecule has 0 N–H and O–H groups in total. The van der Waals surface area contributed by atoms with Crippen molar-refractivity contribution in [2.45, 2.75) is 38.2 Å². The van der Waals surface area contributed by atoms with Crippen molar-refractivity contribution in [1.82, 2.24) is 0 Å². The molecule has 0 saturated heterocycles. The Morgan fingerprint density at radius 1 is 1.12 bits per heavy atom. The fourth-order valence-electron chi connectivity index (χ4n) is 1.98. The van der Waals surface area contributed by atoms with Gasteiger partial charge in [0.1, 0.15) is 11.6 Å². The number of ether oxygens (including phenoxy) is 1. The predicted octanol–water partition coefficient (Wildman–Crippen LogP) is 4.08. The Morgan fingerprint density at radius 2 is 1.81 bits per heavy atom. The van der Waals surface area contributed by atoms with E-state index in [1.54, 1.807) is 0 Å². The van der Waals surface area contributed by atoms with E-state index in [1.165, 1.54) is 6.07 Å². The van der Waals surface area contributed by atoms with Gasteiger partial charge in [-0.1, -0.05) is 0 Å². The highest BCUT2D eigenvalue weighted by molar-refractivity contribution is 5.30. The van der Waals surface area contributed by atoms with Crippen molar-refractivity contribution in [2.75, 3.05) is 0 Å². The van der Waals surface area contributed by atoms with Crippen LogP contribution in [0.5, 0.6) is 5.75 Å². The number of hydrogen-bond donors (Lipinski definition) is 0. The lowest BCUT2D eigenvalue weighted by molar-refractivity contribution is 0.149. The minimum atomic E-state index is -2.67. The monoisotopic (exact) mass is 230 g/mol. The van der Waals surface area contributed by atoms with Gasteiger partial charge in [-0.05, 0) is 37.8 Å². The van der Waals surface area contributed by atoms with E-state index in [4.69, 9.17) is 4.74 Å². The van der Waals surface area contributed by atoms with Gasteiger partial charge in [-0.3, -0.25) is 0 Å². The summed E-state index contributed by atoms with van der Waals surface area (Å²) in [5.41, 5.74) is -0.326. The van der Waals surface area contributed by atoms with Crippen LogP contribution in [0.3, 0.4) is 0 Å². The molecule has 1 aliphatic carbocycles. The maximum absolute atomic E-state index is 13.0. The van der Waals surface area contributed by atoms with Crippen molar-refractivity contribution in [2.24, 2.45) is 0 Å². The maximum Gasteiger partial charge on any atom is 0.264 e. The minimum Gasteiger partial charge on any atom is -0.490 e. The van der Waals surface area contributed by atoms with Crippen molar-refractivity contribution in [1.29, 1.82) is 0 Å². The third-order valence-electron chi connectivity index (χ3n) is 2.75. The van der Waals surface area contributed by atoms with E-state index < -0.39 is 12.2 Å². The van der Waals surface area contributed by atoms with Crippen LogP contribution in [-0.2, 0) is 0 Å². The van der Waals surface area contributed by atoms with Gasteiger partial charge in [-0.15, -0.1) is 0 Å². The van der Waals surface area contributed by atoms with E-state index in [9.17, 15) is 13.2 Å². The molecule has 0 unspecified atom stereocenters. The normalized spacial score (nSPS) is 17.0. The molecule has 0 radical (unpaired) electrons. The SMILES string of the molecule is Fc1cc(OC2CCCC2)cc(C(F)F)c1. The summed E-state index contributed by atoms with van der Waals surface area (Å²) in [5, 5.41) is 0. The van der Waals surface area contributed by atoms with Crippen molar-refractivity contribution in [3.05, 3.63) is 29.6 Å². The highest BCUT2D eigenvalue weighted by Crippen LogP contribution is 2.28. The van der Waals surface area contributed by atoms with E-state index in [2.05, 4.69) is 0 Å². The standard InChI is InChI=1S/C12H13F3O/c13-9-5-8(12(14)15)6-11(7-9)16-10-3-1-2-4-10/h5-7,10,12H,1-4H2. The Labute approximate surface area is 92.2 Å². The molecule has 4 heteroatoms. The summed E-state index contributed by atoms with van der Waals surface area (Å²) >= 11 is 0. The van der Waals surface area contributed by atoms with Gasteiger partial charge in [0.15, 0.2) is 0 Å². The van der Waals surface area contributed by atoms with Crippen molar-refractivity contribution in [3.8, 4) is 5.75 Å². The summed E-state index contributed by atoms with van der Waals surface area (Å²) in [7, 11) is 0. The van der Waals surface area contributed by atoms with Crippen LogP contribution in [0.15, 0.2) is 18.2 Å².